The van der Waals surface area contributed by atoms with Gasteiger partial charge < -0.3 is 14.4 Å². The number of benzene rings is 2. The van der Waals surface area contributed by atoms with E-state index in [1.54, 1.807) is 29.6 Å². The first-order valence-electron chi connectivity index (χ1n) is 15.3. The van der Waals surface area contributed by atoms with Gasteiger partial charge in [-0.15, -0.1) is 11.3 Å². The molecular formula is C35H45N3O3S2. The molecule has 2 aromatic heterocycles. The van der Waals surface area contributed by atoms with Crippen molar-refractivity contribution in [3.8, 4) is 10.9 Å². The van der Waals surface area contributed by atoms with E-state index in [-0.39, 0.29) is 5.78 Å². The Kier molecular flexibility index (Phi) is 14.2. The number of Topliss-reactive ketones (excluding diaryl/α,β-unsaturated/α-hetero) is 1. The highest BCUT2D eigenvalue weighted by molar-refractivity contribution is 7.13. The van der Waals surface area contributed by atoms with E-state index in [0.717, 1.165) is 56.4 Å². The molecule has 0 aliphatic carbocycles. The Bertz CT molecular complexity index is 1300. The summed E-state index contributed by atoms with van der Waals surface area (Å²) in [5.74, 6) is 1.17. The van der Waals surface area contributed by atoms with Crippen LogP contribution in [0, 0.1) is 0 Å². The highest BCUT2D eigenvalue weighted by Crippen LogP contribution is 2.23. The number of carbonyl (C=O) groups excluding carboxylic acids is 1. The third kappa shape index (κ3) is 13.0. The molecule has 0 amide bonds. The summed E-state index contributed by atoms with van der Waals surface area (Å²) in [6.45, 7) is 8.33. The average Bonchev–Trinajstić information content (AvgIpc) is 3.81. The quantitative estimate of drug-likeness (QED) is 0.123. The molecule has 0 bridgehead atoms. The van der Waals surface area contributed by atoms with Crippen LogP contribution in [0.4, 0.5) is 0 Å². The van der Waals surface area contributed by atoms with Crippen LogP contribution in [0.15, 0.2) is 78.3 Å². The van der Waals surface area contributed by atoms with E-state index in [2.05, 4.69) is 68.7 Å². The van der Waals surface area contributed by atoms with E-state index < -0.39 is 0 Å². The molecule has 6 nitrogen and oxygen atoms in total. The van der Waals surface area contributed by atoms with Gasteiger partial charge in [0.25, 0.3) is 5.19 Å². The molecule has 230 valence electrons. The molecule has 43 heavy (non-hydrogen) atoms. The topological polar surface area (TPSA) is 54.9 Å². The van der Waals surface area contributed by atoms with E-state index in [0.29, 0.717) is 13.0 Å². The van der Waals surface area contributed by atoms with Gasteiger partial charge in [0.2, 0.25) is 0 Å². The fourth-order valence-electron chi connectivity index (χ4n) is 4.81. The van der Waals surface area contributed by atoms with Crippen LogP contribution < -0.4 is 9.47 Å². The molecule has 0 N–H and O–H groups in total. The van der Waals surface area contributed by atoms with Crippen LogP contribution >= 0.6 is 22.7 Å². The van der Waals surface area contributed by atoms with Gasteiger partial charge in [-0.2, -0.15) is 0 Å². The zero-order valence-corrected chi connectivity index (χ0v) is 27.2. The summed E-state index contributed by atoms with van der Waals surface area (Å²) in [5.41, 5.74) is 2.63. The normalized spacial score (nSPS) is 13.1. The predicted octanol–water partition coefficient (Wildman–Crippen LogP) is 7.23. The minimum absolute atomic E-state index is 0.246. The first kappa shape index (κ1) is 32.9. The van der Waals surface area contributed by atoms with Crippen LogP contribution in [0.2, 0.25) is 0 Å². The molecule has 1 fully saturated rings. The predicted molar refractivity (Wildman–Crippen MR) is 179 cm³/mol. The first-order chi connectivity index (χ1) is 21.0. The fraction of sp³-hybridized carbons (Fsp3) is 0.429. The number of aromatic nitrogens is 1. The largest absolute Gasteiger partial charge is 0.494 e. The molecule has 1 aliphatic rings. The molecule has 0 atom stereocenters. The summed E-state index contributed by atoms with van der Waals surface area (Å²) in [6, 6.07) is 23.1. The lowest BCUT2D eigenvalue weighted by atomic mass is 10.1. The van der Waals surface area contributed by atoms with Crippen LogP contribution in [-0.2, 0) is 17.6 Å². The summed E-state index contributed by atoms with van der Waals surface area (Å²) in [5, 5.41) is 2.91. The maximum absolute atomic E-state index is 10.9. The lowest BCUT2D eigenvalue weighted by Gasteiger charge is -2.15. The lowest BCUT2D eigenvalue weighted by molar-refractivity contribution is -0.117. The van der Waals surface area contributed by atoms with Crippen molar-refractivity contribution in [2.24, 2.45) is 0 Å². The van der Waals surface area contributed by atoms with Crippen LogP contribution in [0.5, 0.6) is 10.9 Å². The number of thiazole rings is 1. The van der Waals surface area contributed by atoms with Gasteiger partial charge in [0.05, 0.1) is 6.61 Å². The van der Waals surface area contributed by atoms with Crippen LogP contribution in [-0.4, -0.2) is 73.6 Å². The number of carbonyl (C=O) groups is 1. The molecule has 5 rings (SSSR count). The van der Waals surface area contributed by atoms with Crippen molar-refractivity contribution in [2.75, 3.05) is 53.0 Å². The molecule has 4 aromatic rings. The van der Waals surface area contributed by atoms with Crippen LogP contribution in [0.1, 0.15) is 53.5 Å². The van der Waals surface area contributed by atoms with E-state index in [9.17, 15) is 4.79 Å². The van der Waals surface area contributed by atoms with Crippen LogP contribution in [0.3, 0.4) is 0 Å². The Balaban J connectivity index is 0.000000198. The van der Waals surface area contributed by atoms with E-state index >= 15 is 0 Å². The third-order valence-corrected chi connectivity index (χ3v) is 9.05. The second-order valence-corrected chi connectivity index (χ2v) is 13.1. The molecule has 0 saturated carbocycles. The van der Waals surface area contributed by atoms with Gasteiger partial charge in [0, 0.05) is 54.8 Å². The first-order valence-corrected chi connectivity index (χ1v) is 17.0. The van der Waals surface area contributed by atoms with Crippen molar-refractivity contribution < 1.29 is 14.3 Å². The maximum atomic E-state index is 10.9. The molecule has 1 saturated heterocycles. The Morgan fingerprint density at radius 1 is 0.884 bits per heavy atom. The van der Waals surface area contributed by atoms with Crippen molar-refractivity contribution in [1.29, 1.82) is 0 Å². The summed E-state index contributed by atoms with van der Waals surface area (Å²) in [6.07, 6.45) is 8.11. The van der Waals surface area contributed by atoms with E-state index in [1.165, 1.54) is 46.8 Å². The SMILES string of the molecule is CC(=O)CCN(C)CCCOc1ccc(Cc2cccs2)cc1.c1ccc(Cc2cnc(OCCN3CCCC3)s2)cc1. The molecule has 0 radical (unpaired) electrons. The smallest absolute Gasteiger partial charge is 0.273 e. The number of ether oxygens (including phenoxy) is 2. The fourth-order valence-corrected chi connectivity index (χ4v) is 6.36. The standard InChI is InChI=1S/C19H25NO2S.C16H20N2OS/c1-16(21)10-12-20(2)11-4-13-22-18-8-6-17(7-9-18)15-19-5-3-14-23-19;1-2-6-14(7-3-1)12-15-13-17-16(20-15)19-11-10-18-8-4-5-9-18/h3,5-9,14H,4,10-13,15H2,1-2H3;1-3,6-7,13H,4-5,8-12H2. The molecule has 8 heteroatoms. The number of ketones is 1. The number of nitrogens with zero attached hydrogens (tertiary/aromatic N) is 3. The van der Waals surface area contributed by atoms with Crippen molar-refractivity contribution >= 4 is 28.5 Å². The van der Waals surface area contributed by atoms with Gasteiger partial charge in [-0.3, -0.25) is 9.69 Å². The van der Waals surface area contributed by atoms with Gasteiger partial charge in [0.1, 0.15) is 18.1 Å². The molecule has 0 spiro atoms. The Hall–Kier alpha value is -3.04. The minimum Gasteiger partial charge on any atom is -0.494 e. The molecule has 0 unspecified atom stereocenters. The number of thiophene rings is 1. The highest BCUT2D eigenvalue weighted by Gasteiger charge is 2.11. The van der Waals surface area contributed by atoms with Crippen molar-refractivity contribution in [1.82, 2.24) is 14.8 Å². The molecule has 2 aromatic carbocycles. The van der Waals surface area contributed by atoms with E-state index in [4.69, 9.17) is 9.47 Å². The zero-order chi connectivity index (χ0) is 30.1. The average molecular weight is 620 g/mol. The van der Waals surface area contributed by atoms with Gasteiger partial charge >= 0.3 is 0 Å². The second kappa shape index (κ2) is 18.6. The minimum atomic E-state index is 0.246. The molecular weight excluding hydrogens is 575 g/mol. The maximum Gasteiger partial charge on any atom is 0.273 e. The summed E-state index contributed by atoms with van der Waals surface area (Å²) in [4.78, 5) is 22.6. The van der Waals surface area contributed by atoms with Gasteiger partial charge in [0.15, 0.2) is 0 Å². The second-order valence-electron chi connectivity index (χ2n) is 11.0. The lowest BCUT2D eigenvalue weighted by Crippen LogP contribution is -2.24. The Morgan fingerprint density at radius 3 is 2.35 bits per heavy atom. The number of hydrogen-bond donors (Lipinski definition) is 0. The molecule has 1 aliphatic heterocycles. The summed E-state index contributed by atoms with van der Waals surface area (Å²) < 4.78 is 11.5. The highest BCUT2D eigenvalue weighted by atomic mass is 32.1. The monoisotopic (exact) mass is 619 g/mol. The Labute approximate surface area is 265 Å². The number of hydrogen-bond acceptors (Lipinski definition) is 8. The summed E-state index contributed by atoms with van der Waals surface area (Å²) in [7, 11) is 2.04. The Morgan fingerprint density at radius 2 is 1.63 bits per heavy atom. The summed E-state index contributed by atoms with van der Waals surface area (Å²) >= 11 is 3.45. The van der Waals surface area contributed by atoms with Crippen LogP contribution in [0.25, 0.3) is 0 Å². The van der Waals surface area contributed by atoms with Crippen molar-refractivity contribution in [3.63, 3.8) is 0 Å². The van der Waals surface area contributed by atoms with Crippen molar-refractivity contribution in [2.45, 2.75) is 45.4 Å². The van der Waals surface area contributed by atoms with E-state index in [1.807, 2.05) is 31.4 Å². The molecule has 3 heterocycles. The third-order valence-electron chi connectivity index (χ3n) is 7.27. The van der Waals surface area contributed by atoms with Crippen molar-refractivity contribution in [3.05, 3.63) is 99.2 Å². The zero-order valence-electron chi connectivity index (χ0n) is 25.6. The number of rotatable bonds is 16. The number of likely N-dealkylation sites (tertiary alicyclic amines) is 1. The van der Waals surface area contributed by atoms with Gasteiger partial charge in [-0.25, -0.2) is 4.98 Å². The van der Waals surface area contributed by atoms with Gasteiger partial charge in [-0.1, -0.05) is 59.9 Å². The van der Waals surface area contributed by atoms with Gasteiger partial charge in [-0.05, 0) is 81.0 Å².